The van der Waals surface area contributed by atoms with Gasteiger partial charge in [0.2, 0.25) is 0 Å². The Labute approximate surface area is 168 Å². The van der Waals surface area contributed by atoms with Gasteiger partial charge in [-0.1, -0.05) is 41.9 Å². The number of carbonyl (C=O) groups is 1. The highest BCUT2D eigenvalue weighted by molar-refractivity contribution is 7.99. The van der Waals surface area contributed by atoms with Gasteiger partial charge in [0, 0.05) is 28.0 Å². The number of Topliss-reactive ketones (excluding diaryl/α,β-unsaturated/α-hetero) is 1. The number of nitriles is 2. The number of benzene rings is 2. The van der Waals surface area contributed by atoms with Crippen LogP contribution in [0.3, 0.4) is 0 Å². The largest absolute Gasteiger partial charge is 0.300 e. The van der Waals surface area contributed by atoms with Crippen molar-refractivity contribution < 1.29 is 4.79 Å². The fourth-order valence-electron chi connectivity index (χ4n) is 3.57. The topological polar surface area (TPSA) is 64.7 Å². The SMILES string of the molecule is CC(=O)C[C@@H](c1ccc(Cl)cc1)[C@@H]1CSc2ccccc2C1=C(C#N)C#N. The first-order valence-corrected chi connectivity index (χ1v) is 9.93. The van der Waals surface area contributed by atoms with E-state index in [-0.39, 0.29) is 23.2 Å². The van der Waals surface area contributed by atoms with E-state index in [1.165, 1.54) is 0 Å². The highest BCUT2D eigenvalue weighted by Crippen LogP contribution is 2.48. The molecule has 2 aromatic rings. The molecule has 0 bridgehead atoms. The molecule has 134 valence electrons. The molecule has 0 N–H and O–H groups in total. The molecule has 0 saturated carbocycles. The maximum absolute atomic E-state index is 12.0. The van der Waals surface area contributed by atoms with Gasteiger partial charge in [0.05, 0.1) is 0 Å². The number of ketones is 1. The Morgan fingerprint density at radius 1 is 1.19 bits per heavy atom. The molecule has 3 nitrogen and oxygen atoms in total. The number of hydrogen-bond donors (Lipinski definition) is 0. The van der Waals surface area contributed by atoms with Crippen LogP contribution in [0.5, 0.6) is 0 Å². The van der Waals surface area contributed by atoms with E-state index in [0.29, 0.717) is 17.2 Å². The second-order valence-electron chi connectivity index (χ2n) is 6.49. The first-order chi connectivity index (χ1) is 13.0. The summed E-state index contributed by atoms with van der Waals surface area (Å²) in [5, 5.41) is 19.8. The van der Waals surface area contributed by atoms with Gasteiger partial charge in [0.15, 0.2) is 0 Å². The summed E-state index contributed by atoms with van der Waals surface area (Å²) in [4.78, 5) is 13.1. The summed E-state index contributed by atoms with van der Waals surface area (Å²) in [6.07, 6.45) is 0.350. The number of thioether (sulfide) groups is 1. The Kier molecular flexibility index (Phi) is 6.01. The molecule has 0 unspecified atom stereocenters. The van der Waals surface area contributed by atoms with Gasteiger partial charge in [-0.25, -0.2) is 0 Å². The van der Waals surface area contributed by atoms with Crippen molar-refractivity contribution in [3.63, 3.8) is 0 Å². The Hall–Kier alpha value is -2.53. The maximum Gasteiger partial charge on any atom is 0.133 e. The smallest absolute Gasteiger partial charge is 0.133 e. The molecule has 1 aliphatic rings. The lowest BCUT2D eigenvalue weighted by molar-refractivity contribution is -0.117. The standard InChI is InChI=1S/C22H17ClN2OS/c1-14(26)10-19(15-6-8-17(23)9-7-15)20-13-27-21-5-3-2-4-18(21)22(20)16(11-24)12-25/h2-9,19-20H,10,13H2,1H3/t19-,20-/m0/s1. The lowest BCUT2D eigenvalue weighted by atomic mass is 9.75. The highest BCUT2D eigenvalue weighted by atomic mass is 35.5. The third-order valence-corrected chi connectivity index (χ3v) is 6.20. The van der Waals surface area contributed by atoms with Gasteiger partial charge in [-0.15, -0.1) is 11.8 Å². The lowest BCUT2D eigenvalue weighted by Gasteiger charge is -2.33. The Morgan fingerprint density at radius 3 is 2.48 bits per heavy atom. The van der Waals surface area contributed by atoms with Crippen molar-refractivity contribution >= 4 is 34.7 Å². The van der Waals surface area contributed by atoms with E-state index in [1.54, 1.807) is 18.7 Å². The van der Waals surface area contributed by atoms with Crippen LogP contribution < -0.4 is 0 Å². The van der Waals surface area contributed by atoms with Crippen LogP contribution in [-0.2, 0) is 4.79 Å². The van der Waals surface area contributed by atoms with E-state index in [1.807, 2.05) is 48.5 Å². The van der Waals surface area contributed by atoms with Crippen molar-refractivity contribution in [1.29, 1.82) is 10.5 Å². The van der Waals surface area contributed by atoms with Crippen LogP contribution in [0.1, 0.15) is 30.4 Å². The summed E-state index contributed by atoms with van der Waals surface area (Å²) >= 11 is 7.73. The fourth-order valence-corrected chi connectivity index (χ4v) is 4.96. The molecule has 0 saturated heterocycles. The third-order valence-electron chi connectivity index (χ3n) is 4.75. The van der Waals surface area contributed by atoms with Crippen molar-refractivity contribution in [2.45, 2.75) is 24.2 Å². The number of allylic oxidation sites excluding steroid dienone is 2. The molecule has 0 amide bonds. The zero-order valence-electron chi connectivity index (χ0n) is 14.8. The Balaban J connectivity index is 2.17. The van der Waals surface area contributed by atoms with Gasteiger partial charge in [-0.3, -0.25) is 0 Å². The van der Waals surface area contributed by atoms with E-state index < -0.39 is 0 Å². The van der Waals surface area contributed by atoms with E-state index in [2.05, 4.69) is 12.1 Å². The van der Waals surface area contributed by atoms with Gasteiger partial charge in [0.25, 0.3) is 0 Å². The summed E-state index contributed by atoms with van der Waals surface area (Å²) in [6, 6.07) is 19.4. The molecule has 1 aliphatic heterocycles. The molecule has 2 atom stereocenters. The number of fused-ring (bicyclic) bond motifs is 1. The van der Waals surface area contributed by atoms with Gasteiger partial charge in [-0.05, 0) is 47.7 Å². The Bertz CT molecular complexity index is 967. The van der Waals surface area contributed by atoms with Gasteiger partial charge >= 0.3 is 0 Å². The van der Waals surface area contributed by atoms with Gasteiger partial charge < -0.3 is 4.79 Å². The van der Waals surface area contributed by atoms with Crippen LogP contribution >= 0.6 is 23.4 Å². The van der Waals surface area contributed by atoms with Crippen molar-refractivity contribution in [3.05, 3.63) is 70.3 Å². The molecule has 3 rings (SSSR count). The molecule has 0 spiro atoms. The number of nitrogens with zero attached hydrogens (tertiary/aromatic N) is 2. The summed E-state index contributed by atoms with van der Waals surface area (Å²) < 4.78 is 0. The summed E-state index contributed by atoms with van der Waals surface area (Å²) in [7, 11) is 0. The summed E-state index contributed by atoms with van der Waals surface area (Å²) in [6.45, 7) is 1.58. The number of carbonyl (C=O) groups excluding carboxylic acids is 1. The highest BCUT2D eigenvalue weighted by Gasteiger charge is 2.34. The minimum Gasteiger partial charge on any atom is -0.300 e. The van der Waals surface area contributed by atoms with Crippen LogP contribution in [0.4, 0.5) is 0 Å². The van der Waals surface area contributed by atoms with Gasteiger partial charge in [-0.2, -0.15) is 10.5 Å². The molecule has 1 heterocycles. The van der Waals surface area contributed by atoms with Crippen LogP contribution in [0, 0.1) is 28.6 Å². The zero-order chi connectivity index (χ0) is 19.4. The van der Waals surface area contributed by atoms with Crippen LogP contribution in [0.2, 0.25) is 5.02 Å². The number of halogens is 1. The number of hydrogen-bond acceptors (Lipinski definition) is 4. The molecular weight excluding hydrogens is 376 g/mol. The van der Waals surface area contributed by atoms with Crippen molar-refractivity contribution in [3.8, 4) is 12.1 Å². The van der Waals surface area contributed by atoms with Crippen LogP contribution in [0.25, 0.3) is 5.57 Å². The normalized spacial score (nSPS) is 16.6. The third kappa shape index (κ3) is 4.08. The fraction of sp³-hybridized carbons (Fsp3) is 0.227. The molecule has 27 heavy (non-hydrogen) atoms. The minimum absolute atomic E-state index is 0.0774. The first-order valence-electron chi connectivity index (χ1n) is 8.56. The van der Waals surface area contributed by atoms with E-state index in [9.17, 15) is 15.3 Å². The number of rotatable bonds is 4. The van der Waals surface area contributed by atoms with E-state index in [0.717, 1.165) is 21.6 Å². The minimum atomic E-state index is -0.118. The quantitative estimate of drug-likeness (QED) is 0.633. The average Bonchev–Trinajstić information content (AvgIpc) is 2.68. The summed E-state index contributed by atoms with van der Waals surface area (Å²) in [5.74, 6) is 0.560. The first kappa shape index (κ1) is 19.2. The molecule has 2 aromatic carbocycles. The zero-order valence-corrected chi connectivity index (χ0v) is 16.3. The molecule has 5 heteroatoms. The predicted octanol–water partition coefficient (Wildman–Crippen LogP) is 5.63. The average molecular weight is 393 g/mol. The predicted molar refractivity (Wildman–Crippen MR) is 108 cm³/mol. The van der Waals surface area contributed by atoms with Crippen LogP contribution in [0.15, 0.2) is 59.0 Å². The summed E-state index contributed by atoms with van der Waals surface area (Å²) in [5.41, 5.74) is 2.78. The van der Waals surface area contributed by atoms with E-state index in [4.69, 9.17) is 11.6 Å². The van der Waals surface area contributed by atoms with Crippen LogP contribution in [-0.4, -0.2) is 11.5 Å². The molecule has 0 radical (unpaired) electrons. The molecule has 0 fully saturated rings. The Morgan fingerprint density at radius 2 is 1.85 bits per heavy atom. The molecular formula is C22H17ClN2OS. The second kappa shape index (κ2) is 8.44. The van der Waals surface area contributed by atoms with Gasteiger partial charge in [0.1, 0.15) is 23.5 Å². The lowest BCUT2D eigenvalue weighted by Crippen LogP contribution is -2.23. The second-order valence-corrected chi connectivity index (χ2v) is 7.99. The molecule has 0 aliphatic carbocycles. The van der Waals surface area contributed by atoms with Crippen molar-refractivity contribution in [1.82, 2.24) is 0 Å². The van der Waals surface area contributed by atoms with Crippen molar-refractivity contribution in [2.24, 2.45) is 5.92 Å². The maximum atomic E-state index is 12.0. The van der Waals surface area contributed by atoms with E-state index >= 15 is 0 Å². The monoisotopic (exact) mass is 392 g/mol. The molecule has 0 aromatic heterocycles. The van der Waals surface area contributed by atoms with Crippen molar-refractivity contribution in [2.75, 3.05) is 5.75 Å².